The van der Waals surface area contributed by atoms with E-state index in [9.17, 15) is 19.1 Å². The first-order chi connectivity index (χ1) is 19.3. The summed E-state index contributed by atoms with van der Waals surface area (Å²) in [6.07, 6.45) is -0.354. The Balaban J connectivity index is 1.71. The molecule has 40 heavy (non-hydrogen) atoms. The lowest BCUT2D eigenvalue weighted by molar-refractivity contribution is -0.160. The molecule has 5 rings (SSSR count). The Morgan fingerprint density at radius 3 is 2.27 bits per heavy atom. The number of aliphatic hydroxyl groups excluding tert-OH is 1. The molecule has 0 radical (unpaired) electrons. The average Bonchev–Trinajstić information content (AvgIpc) is 3.28. The summed E-state index contributed by atoms with van der Waals surface area (Å²) in [6.45, 7) is 4.51. The van der Waals surface area contributed by atoms with Crippen LogP contribution in [0.4, 0.5) is 10.1 Å². The SMILES string of the molecule is CC(C)c1c(C(=O)Nc2ccccc2)c(-c2ccccc2)c(-c2ccc(F)cc2)n1CC[C@H]1C[C@H](O)CC(=O)O1. The van der Waals surface area contributed by atoms with E-state index in [2.05, 4.69) is 9.88 Å². The number of halogens is 1. The summed E-state index contributed by atoms with van der Waals surface area (Å²) >= 11 is 0. The maximum absolute atomic E-state index is 14.1. The molecule has 1 amide bonds. The van der Waals surface area contributed by atoms with Crippen LogP contribution < -0.4 is 5.32 Å². The van der Waals surface area contributed by atoms with Crippen molar-refractivity contribution in [3.8, 4) is 22.4 Å². The van der Waals surface area contributed by atoms with Crippen LogP contribution in [0.15, 0.2) is 84.9 Å². The summed E-state index contributed by atoms with van der Waals surface area (Å²) in [5, 5.41) is 13.2. The van der Waals surface area contributed by atoms with Gasteiger partial charge in [-0.25, -0.2) is 4.39 Å². The summed E-state index contributed by atoms with van der Waals surface area (Å²) in [6, 6.07) is 25.3. The maximum atomic E-state index is 14.1. The van der Waals surface area contributed by atoms with Gasteiger partial charge < -0.3 is 19.7 Å². The molecule has 0 saturated carbocycles. The Morgan fingerprint density at radius 2 is 1.65 bits per heavy atom. The van der Waals surface area contributed by atoms with Gasteiger partial charge in [-0.3, -0.25) is 9.59 Å². The van der Waals surface area contributed by atoms with Gasteiger partial charge >= 0.3 is 5.97 Å². The van der Waals surface area contributed by atoms with E-state index in [4.69, 9.17) is 4.74 Å². The summed E-state index contributed by atoms with van der Waals surface area (Å²) < 4.78 is 21.7. The topological polar surface area (TPSA) is 80.6 Å². The highest BCUT2D eigenvalue weighted by atomic mass is 19.1. The molecule has 2 N–H and O–H groups in total. The van der Waals surface area contributed by atoms with Crippen LogP contribution in [0.1, 0.15) is 55.1 Å². The van der Waals surface area contributed by atoms with E-state index in [1.54, 1.807) is 12.1 Å². The average molecular weight is 541 g/mol. The number of benzene rings is 3. The number of hydrogen-bond donors (Lipinski definition) is 2. The minimum Gasteiger partial charge on any atom is -0.462 e. The molecular formula is C33H33FN2O4. The molecule has 1 aliphatic heterocycles. The maximum Gasteiger partial charge on any atom is 0.308 e. The van der Waals surface area contributed by atoms with Gasteiger partial charge in [-0.2, -0.15) is 0 Å². The van der Waals surface area contributed by atoms with E-state index in [-0.39, 0.29) is 24.1 Å². The molecular weight excluding hydrogens is 507 g/mol. The van der Waals surface area contributed by atoms with Gasteiger partial charge in [-0.1, -0.05) is 62.4 Å². The second-order valence-corrected chi connectivity index (χ2v) is 10.5. The number of nitrogens with zero attached hydrogens (tertiary/aromatic N) is 1. The van der Waals surface area contributed by atoms with Crippen LogP contribution in [0, 0.1) is 5.82 Å². The summed E-state index contributed by atoms with van der Waals surface area (Å²) in [7, 11) is 0. The van der Waals surface area contributed by atoms with E-state index in [1.165, 1.54) is 12.1 Å². The fourth-order valence-corrected chi connectivity index (χ4v) is 5.52. The van der Waals surface area contributed by atoms with Gasteiger partial charge in [0.05, 0.1) is 23.8 Å². The molecule has 4 aromatic rings. The number of aliphatic hydroxyl groups is 1. The van der Waals surface area contributed by atoms with Crippen molar-refractivity contribution in [1.82, 2.24) is 4.57 Å². The number of ether oxygens (including phenoxy) is 1. The highest BCUT2D eigenvalue weighted by molar-refractivity contribution is 6.12. The normalized spacial score (nSPS) is 17.1. The molecule has 206 valence electrons. The molecule has 1 saturated heterocycles. The highest BCUT2D eigenvalue weighted by Crippen LogP contribution is 2.42. The number of carbonyl (C=O) groups is 2. The zero-order valence-corrected chi connectivity index (χ0v) is 22.6. The number of amides is 1. The van der Waals surface area contributed by atoms with Crippen LogP contribution in [-0.2, 0) is 16.1 Å². The van der Waals surface area contributed by atoms with E-state index in [0.29, 0.717) is 30.6 Å². The Kier molecular flexibility index (Phi) is 8.12. The van der Waals surface area contributed by atoms with Crippen molar-refractivity contribution >= 4 is 17.6 Å². The first-order valence-corrected chi connectivity index (χ1v) is 13.6. The van der Waals surface area contributed by atoms with E-state index >= 15 is 0 Å². The van der Waals surface area contributed by atoms with Gasteiger partial charge in [-0.05, 0) is 53.4 Å². The fraction of sp³-hybridized carbons (Fsp3) is 0.273. The number of aromatic nitrogens is 1. The number of hydrogen-bond acceptors (Lipinski definition) is 4. The molecule has 2 atom stereocenters. The third-order valence-electron chi connectivity index (χ3n) is 7.20. The van der Waals surface area contributed by atoms with Crippen molar-refractivity contribution < 1.29 is 23.8 Å². The standard InChI is InChI=1S/C33H33FN2O4/c1-21(2)31-30(33(39)35-25-11-7-4-8-12-25)29(22-9-5-3-6-10-22)32(23-13-15-24(34)16-14-23)36(31)18-17-27-19-26(37)20-28(38)40-27/h3-16,21,26-27,37H,17-20H2,1-2H3,(H,35,39)/t26-,27-/m0/s1. The van der Waals surface area contributed by atoms with Gasteiger partial charge in [0, 0.05) is 36.3 Å². The minimum atomic E-state index is -0.732. The third kappa shape index (κ3) is 5.84. The Hall–Kier alpha value is -4.23. The van der Waals surface area contributed by atoms with Gasteiger partial charge in [-0.15, -0.1) is 0 Å². The largest absolute Gasteiger partial charge is 0.462 e. The molecule has 3 aromatic carbocycles. The lowest BCUT2D eigenvalue weighted by Crippen LogP contribution is -2.33. The first kappa shape index (κ1) is 27.3. The molecule has 0 unspecified atom stereocenters. The van der Waals surface area contributed by atoms with Crippen LogP contribution in [0.25, 0.3) is 22.4 Å². The Bertz CT molecular complexity index is 1480. The van der Waals surface area contributed by atoms with Crippen LogP contribution in [-0.4, -0.2) is 33.8 Å². The molecule has 1 aliphatic rings. The molecule has 2 heterocycles. The van der Waals surface area contributed by atoms with Crippen molar-refractivity contribution in [2.45, 2.75) is 57.8 Å². The predicted molar refractivity (Wildman–Crippen MR) is 153 cm³/mol. The van der Waals surface area contributed by atoms with E-state index < -0.39 is 18.2 Å². The highest BCUT2D eigenvalue weighted by Gasteiger charge is 2.32. The van der Waals surface area contributed by atoms with E-state index in [1.807, 2.05) is 74.5 Å². The van der Waals surface area contributed by atoms with Crippen LogP contribution in [0.2, 0.25) is 0 Å². The second-order valence-electron chi connectivity index (χ2n) is 10.5. The summed E-state index contributed by atoms with van der Waals surface area (Å²) in [5.74, 6) is -1.05. The quantitative estimate of drug-likeness (QED) is 0.241. The fourth-order valence-electron chi connectivity index (χ4n) is 5.52. The lowest BCUT2D eigenvalue weighted by Gasteiger charge is -2.27. The van der Waals surface area contributed by atoms with Crippen molar-refractivity contribution in [1.29, 1.82) is 0 Å². The predicted octanol–water partition coefficient (Wildman–Crippen LogP) is 6.79. The number of esters is 1. The smallest absolute Gasteiger partial charge is 0.308 e. The molecule has 0 aliphatic carbocycles. The minimum absolute atomic E-state index is 0.0000536. The molecule has 6 nitrogen and oxygen atoms in total. The van der Waals surface area contributed by atoms with Gasteiger partial charge in [0.25, 0.3) is 5.91 Å². The molecule has 0 spiro atoms. The van der Waals surface area contributed by atoms with Gasteiger partial charge in [0.15, 0.2) is 0 Å². The number of nitrogens with one attached hydrogen (secondary N) is 1. The van der Waals surface area contributed by atoms with Crippen LogP contribution >= 0.6 is 0 Å². The molecule has 7 heteroatoms. The van der Waals surface area contributed by atoms with Gasteiger partial charge in [0.2, 0.25) is 0 Å². The second kappa shape index (κ2) is 11.9. The third-order valence-corrected chi connectivity index (χ3v) is 7.20. The zero-order valence-electron chi connectivity index (χ0n) is 22.6. The Morgan fingerprint density at radius 1 is 1.00 bits per heavy atom. The molecule has 1 aromatic heterocycles. The summed E-state index contributed by atoms with van der Waals surface area (Å²) in [5.41, 5.74) is 5.22. The van der Waals surface area contributed by atoms with Crippen molar-refractivity contribution in [3.63, 3.8) is 0 Å². The van der Waals surface area contributed by atoms with Crippen molar-refractivity contribution in [3.05, 3.63) is 102 Å². The van der Waals surface area contributed by atoms with Crippen molar-refractivity contribution in [2.75, 3.05) is 5.32 Å². The molecule has 1 fully saturated rings. The number of para-hydroxylation sites is 1. The van der Waals surface area contributed by atoms with Crippen molar-refractivity contribution in [2.24, 2.45) is 0 Å². The number of carbonyl (C=O) groups excluding carboxylic acids is 2. The van der Waals surface area contributed by atoms with E-state index in [0.717, 1.165) is 28.1 Å². The number of cyclic esters (lactones) is 1. The number of anilines is 1. The molecule has 0 bridgehead atoms. The lowest BCUT2D eigenvalue weighted by atomic mass is 9.94. The summed E-state index contributed by atoms with van der Waals surface area (Å²) in [4.78, 5) is 26.1. The monoisotopic (exact) mass is 540 g/mol. The van der Waals surface area contributed by atoms with Crippen LogP contribution in [0.3, 0.4) is 0 Å². The Labute approximate surface area is 233 Å². The number of rotatable bonds is 8. The van der Waals surface area contributed by atoms with Gasteiger partial charge in [0.1, 0.15) is 11.9 Å². The first-order valence-electron chi connectivity index (χ1n) is 13.6. The zero-order chi connectivity index (χ0) is 28.2. The van der Waals surface area contributed by atoms with Crippen LogP contribution in [0.5, 0.6) is 0 Å².